The number of benzene rings is 1. The molecule has 1 aromatic carbocycles. The first-order chi connectivity index (χ1) is 8.24. The molecule has 0 amide bonds. The average molecular weight is 230 g/mol. The van der Waals surface area contributed by atoms with Crippen molar-refractivity contribution in [1.82, 2.24) is 0 Å². The third-order valence-electron chi connectivity index (χ3n) is 2.54. The Kier molecular flexibility index (Phi) is 3.28. The van der Waals surface area contributed by atoms with Gasteiger partial charge in [0.2, 0.25) is 0 Å². The van der Waals surface area contributed by atoms with Crippen LogP contribution in [0.5, 0.6) is 0 Å². The maximum atomic E-state index is 11.8. The summed E-state index contributed by atoms with van der Waals surface area (Å²) in [7, 11) is 0. The van der Waals surface area contributed by atoms with E-state index in [9.17, 15) is 4.79 Å². The van der Waals surface area contributed by atoms with Crippen LogP contribution in [0.1, 0.15) is 23.0 Å². The molecule has 0 N–H and O–H groups in total. The highest BCUT2D eigenvalue weighted by molar-refractivity contribution is 5.98. The zero-order valence-electron chi connectivity index (χ0n) is 9.90. The van der Waals surface area contributed by atoms with E-state index in [0.29, 0.717) is 17.9 Å². The molecule has 0 bridgehead atoms. The van der Waals surface area contributed by atoms with E-state index in [2.05, 4.69) is 0 Å². The number of hydrogen-bond acceptors (Lipinski definition) is 3. The summed E-state index contributed by atoms with van der Waals surface area (Å²) in [5.74, 6) is 0.250. The summed E-state index contributed by atoms with van der Waals surface area (Å²) < 4.78 is 10.3. The van der Waals surface area contributed by atoms with E-state index in [1.807, 2.05) is 30.3 Å². The second-order valence-corrected chi connectivity index (χ2v) is 3.67. The first-order valence-corrected chi connectivity index (χ1v) is 5.54. The molecule has 3 nitrogen and oxygen atoms in total. The molecule has 0 atom stereocenters. The second-order valence-electron chi connectivity index (χ2n) is 3.67. The van der Waals surface area contributed by atoms with Crippen LogP contribution in [-0.4, -0.2) is 12.6 Å². The Morgan fingerprint density at radius 3 is 2.65 bits per heavy atom. The summed E-state index contributed by atoms with van der Waals surface area (Å²) >= 11 is 0. The lowest BCUT2D eigenvalue weighted by Crippen LogP contribution is -2.06. The van der Waals surface area contributed by atoms with Gasteiger partial charge in [0.25, 0.3) is 0 Å². The maximum Gasteiger partial charge on any atom is 0.342 e. The summed E-state index contributed by atoms with van der Waals surface area (Å²) in [6.07, 6.45) is 1.59. The predicted octanol–water partition coefficient (Wildman–Crippen LogP) is 3.43. The monoisotopic (exact) mass is 230 g/mol. The van der Waals surface area contributed by atoms with Crippen molar-refractivity contribution in [2.45, 2.75) is 13.8 Å². The molecule has 88 valence electrons. The van der Waals surface area contributed by atoms with E-state index in [0.717, 1.165) is 11.1 Å². The Morgan fingerprint density at radius 1 is 1.29 bits per heavy atom. The second kappa shape index (κ2) is 4.87. The molecule has 2 aromatic rings. The minimum atomic E-state index is -0.336. The van der Waals surface area contributed by atoms with Gasteiger partial charge in [-0.2, -0.15) is 0 Å². The van der Waals surface area contributed by atoms with Gasteiger partial charge in [-0.05, 0) is 19.4 Å². The smallest absolute Gasteiger partial charge is 0.342 e. The molecule has 0 aliphatic heterocycles. The number of hydrogen-bond donors (Lipinski definition) is 0. The van der Waals surface area contributed by atoms with Gasteiger partial charge in [0.05, 0.1) is 12.9 Å². The molecule has 0 saturated carbocycles. The topological polar surface area (TPSA) is 39.4 Å². The van der Waals surface area contributed by atoms with Gasteiger partial charge in [-0.1, -0.05) is 30.3 Å². The van der Waals surface area contributed by atoms with Gasteiger partial charge in [-0.25, -0.2) is 4.79 Å². The summed E-state index contributed by atoms with van der Waals surface area (Å²) in [6.45, 7) is 3.91. The molecule has 17 heavy (non-hydrogen) atoms. The van der Waals surface area contributed by atoms with Gasteiger partial charge >= 0.3 is 5.97 Å². The minimum Gasteiger partial charge on any atom is -0.468 e. The van der Waals surface area contributed by atoms with Gasteiger partial charge in [0.15, 0.2) is 0 Å². The maximum absolute atomic E-state index is 11.8. The SMILES string of the molecule is CCOC(=O)c1c(-c2ccccc2)coc1C. The Balaban J connectivity index is 2.46. The van der Waals surface area contributed by atoms with E-state index < -0.39 is 0 Å². The lowest BCUT2D eigenvalue weighted by Gasteiger charge is -2.03. The first-order valence-electron chi connectivity index (χ1n) is 5.54. The molecule has 0 spiro atoms. The summed E-state index contributed by atoms with van der Waals surface area (Å²) in [4.78, 5) is 11.8. The summed E-state index contributed by atoms with van der Waals surface area (Å²) in [5.41, 5.74) is 2.24. The summed E-state index contributed by atoms with van der Waals surface area (Å²) in [6, 6.07) is 9.65. The third kappa shape index (κ3) is 2.23. The van der Waals surface area contributed by atoms with Crippen molar-refractivity contribution >= 4 is 5.97 Å². The van der Waals surface area contributed by atoms with Gasteiger partial charge in [0.1, 0.15) is 11.3 Å². The number of carbonyl (C=O) groups excluding carboxylic acids is 1. The highest BCUT2D eigenvalue weighted by Crippen LogP contribution is 2.28. The highest BCUT2D eigenvalue weighted by Gasteiger charge is 2.20. The van der Waals surface area contributed by atoms with Crippen LogP contribution in [-0.2, 0) is 4.74 Å². The van der Waals surface area contributed by atoms with Crippen LogP contribution in [0, 0.1) is 6.92 Å². The molecule has 2 rings (SSSR count). The average Bonchev–Trinajstić information content (AvgIpc) is 2.73. The zero-order valence-corrected chi connectivity index (χ0v) is 9.90. The largest absolute Gasteiger partial charge is 0.468 e. The zero-order chi connectivity index (χ0) is 12.3. The molecule has 1 aromatic heterocycles. The van der Waals surface area contributed by atoms with Crippen LogP contribution < -0.4 is 0 Å². The number of rotatable bonds is 3. The van der Waals surface area contributed by atoms with Crippen molar-refractivity contribution in [3.05, 3.63) is 47.9 Å². The molecular weight excluding hydrogens is 216 g/mol. The Morgan fingerprint density at radius 2 is 2.00 bits per heavy atom. The fourth-order valence-corrected chi connectivity index (χ4v) is 1.74. The van der Waals surface area contributed by atoms with Crippen molar-refractivity contribution in [2.24, 2.45) is 0 Å². The molecule has 0 aliphatic rings. The lowest BCUT2D eigenvalue weighted by atomic mass is 10.0. The number of carbonyl (C=O) groups is 1. The Hall–Kier alpha value is -2.03. The fraction of sp³-hybridized carbons (Fsp3) is 0.214. The van der Waals surface area contributed by atoms with Gasteiger partial charge in [-0.3, -0.25) is 0 Å². The van der Waals surface area contributed by atoms with Crippen molar-refractivity contribution in [2.75, 3.05) is 6.61 Å². The van der Waals surface area contributed by atoms with Gasteiger partial charge < -0.3 is 9.15 Å². The van der Waals surface area contributed by atoms with Crippen molar-refractivity contribution < 1.29 is 13.9 Å². The van der Waals surface area contributed by atoms with E-state index >= 15 is 0 Å². The van der Waals surface area contributed by atoms with Crippen LogP contribution in [0.15, 0.2) is 41.0 Å². The molecule has 0 saturated heterocycles. The Bertz CT molecular complexity index is 512. The number of esters is 1. The molecule has 0 unspecified atom stereocenters. The van der Waals surface area contributed by atoms with Gasteiger partial charge in [-0.15, -0.1) is 0 Å². The lowest BCUT2D eigenvalue weighted by molar-refractivity contribution is 0.0525. The van der Waals surface area contributed by atoms with Crippen LogP contribution in [0.4, 0.5) is 0 Å². The van der Waals surface area contributed by atoms with Crippen molar-refractivity contribution in [1.29, 1.82) is 0 Å². The standard InChI is InChI=1S/C14H14O3/c1-3-16-14(15)13-10(2)17-9-12(13)11-7-5-4-6-8-11/h4-9H,3H2,1-2H3. The van der Waals surface area contributed by atoms with E-state index in [-0.39, 0.29) is 5.97 Å². The molecular formula is C14H14O3. The number of furan rings is 1. The van der Waals surface area contributed by atoms with Gasteiger partial charge in [0, 0.05) is 5.56 Å². The van der Waals surface area contributed by atoms with Crippen LogP contribution in [0.25, 0.3) is 11.1 Å². The van der Waals surface area contributed by atoms with Crippen molar-refractivity contribution in [3.63, 3.8) is 0 Å². The molecule has 1 heterocycles. The molecule has 3 heteroatoms. The third-order valence-corrected chi connectivity index (χ3v) is 2.54. The first kappa shape index (κ1) is 11.5. The van der Waals surface area contributed by atoms with E-state index in [1.54, 1.807) is 20.1 Å². The quantitative estimate of drug-likeness (QED) is 0.758. The van der Waals surface area contributed by atoms with Crippen LogP contribution >= 0.6 is 0 Å². The molecule has 0 radical (unpaired) electrons. The summed E-state index contributed by atoms with van der Waals surface area (Å²) in [5, 5.41) is 0. The molecule has 0 aliphatic carbocycles. The van der Waals surface area contributed by atoms with Crippen LogP contribution in [0.3, 0.4) is 0 Å². The number of aryl methyl sites for hydroxylation is 1. The Labute approximate surface area is 100 Å². The highest BCUT2D eigenvalue weighted by atomic mass is 16.5. The minimum absolute atomic E-state index is 0.336. The molecule has 0 fully saturated rings. The van der Waals surface area contributed by atoms with E-state index in [1.165, 1.54) is 0 Å². The van der Waals surface area contributed by atoms with E-state index in [4.69, 9.17) is 9.15 Å². The normalized spacial score (nSPS) is 10.2. The van der Waals surface area contributed by atoms with Crippen LogP contribution in [0.2, 0.25) is 0 Å². The predicted molar refractivity (Wildman–Crippen MR) is 64.8 cm³/mol. The fourth-order valence-electron chi connectivity index (χ4n) is 1.74. The number of ether oxygens (including phenoxy) is 1. The van der Waals surface area contributed by atoms with Crippen molar-refractivity contribution in [3.8, 4) is 11.1 Å².